The fourth-order valence-corrected chi connectivity index (χ4v) is 2.84. The molecule has 1 heterocycles. The first-order chi connectivity index (χ1) is 12.4. The molecule has 0 saturated carbocycles. The number of halogens is 3. The Hall–Kier alpha value is -2.12. The summed E-state index contributed by atoms with van der Waals surface area (Å²) in [4.78, 5) is 12.3. The molecule has 0 radical (unpaired) electrons. The van der Waals surface area contributed by atoms with Crippen LogP contribution in [-0.2, 0) is 23.7 Å². The minimum Gasteiger partial charge on any atom is -0.423 e. The Kier molecular flexibility index (Phi) is 6.61. The summed E-state index contributed by atoms with van der Waals surface area (Å²) in [7, 11) is -1.06. The van der Waals surface area contributed by atoms with Crippen molar-refractivity contribution in [2.75, 3.05) is 6.61 Å². The zero-order valence-corrected chi connectivity index (χ0v) is 14.6. The lowest BCUT2D eigenvalue weighted by Crippen LogP contribution is -2.41. The molecular formula is C19H20BF3O3. The third-order valence-corrected chi connectivity index (χ3v) is 4.02. The third-order valence-electron chi connectivity index (χ3n) is 4.02. The van der Waals surface area contributed by atoms with Gasteiger partial charge in [-0.1, -0.05) is 50.2 Å². The molecule has 1 aliphatic rings. The zero-order valence-electron chi connectivity index (χ0n) is 14.6. The van der Waals surface area contributed by atoms with Gasteiger partial charge in [0, 0.05) is 18.6 Å². The summed E-state index contributed by atoms with van der Waals surface area (Å²) in [6.45, 7) is 4.41. The van der Waals surface area contributed by atoms with Crippen LogP contribution in [0, 0.1) is 0 Å². The van der Waals surface area contributed by atoms with Gasteiger partial charge in [0.15, 0.2) is 5.78 Å². The number of Topliss-reactive ketones (excluding diaryl/α,β-unsaturated/α-hetero) is 1. The van der Waals surface area contributed by atoms with E-state index >= 15 is 0 Å². The molecule has 0 saturated heterocycles. The van der Waals surface area contributed by atoms with E-state index in [0.717, 1.165) is 11.6 Å². The minimum atomic E-state index is -4.58. The number of ketones is 1. The maximum absolute atomic E-state index is 13.0. The van der Waals surface area contributed by atoms with Crippen LogP contribution >= 0.6 is 0 Å². The van der Waals surface area contributed by atoms with Crippen LogP contribution in [0.3, 0.4) is 0 Å². The molecule has 1 N–H and O–H groups in total. The molecule has 2 aromatic carbocycles. The number of benzene rings is 2. The van der Waals surface area contributed by atoms with E-state index in [4.69, 9.17) is 4.65 Å². The van der Waals surface area contributed by atoms with Crippen LogP contribution in [0.1, 0.15) is 40.9 Å². The van der Waals surface area contributed by atoms with Crippen LogP contribution in [0.15, 0.2) is 42.5 Å². The average molecular weight is 364 g/mol. The minimum absolute atomic E-state index is 0.174. The quantitative estimate of drug-likeness (QED) is 0.671. The summed E-state index contributed by atoms with van der Waals surface area (Å²) in [6, 6.07) is 9.84. The van der Waals surface area contributed by atoms with Crippen LogP contribution in [0.4, 0.5) is 13.2 Å². The molecule has 0 atom stereocenters. The number of hydrogen-bond donors (Lipinski definition) is 1. The molecule has 0 amide bonds. The molecule has 0 aromatic heterocycles. The second kappa shape index (κ2) is 8.51. The summed E-state index contributed by atoms with van der Waals surface area (Å²) in [6.07, 6.45) is -4.10. The first-order valence-electron chi connectivity index (χ1n) is 8.47. The van der Waals surface area contributed by atoms with Crippen molar-refractivity contribution in [3.05, 3.63) is 64.7 Å². The van der Waals surface area contributed by atoms with Crippen molar-refractivity contribution in [3.63, 3.8) is 0 Å². The highest BCUT2D eigenvalue weighted by Crippen LogP contribution is 2.32. The summed E-state index contributed by atoms with van der Waals surface area (Å²) in [5, 5.41) is 9.83. The number of rotatable bonds is 3. The topological polar surface area (TPSA) is 46.5 Å². The van der Waals surface area contributed by atoms with Gasteiger partial charge in [-0.25, -0.2) is 0 Å². The highest BCUT2D eigenvalue weighted by atomic mass is 19.4. The Bertz CT molecular complexity index is 775. The highest BCUT2D eigenvalue weighted by Gasteiger charge is 2.34. The molecule has 7 heteroatoms. The van der Waals surface area contributed by atoms with E-state index < -0.39 is 24.6 Å². The first kappa shape index (κ1) is 20.2. The predicted molar refractivity (Wildman–Crippen MR) is 94.5 cm³/mol. The number of carbonyl (C=O) groups is 1. The van der Waals surface area contributed by atoms with Crippen molar-refractivity contribution in [1.29, 1.82) is 0 Å². The molecule has 0 spiro atoms. The number of hydrogen-bond acceptors (Lipinski definition) is 3. The van der Waals surface area contributed by atoms with Gasteiger partial charge in [-0.15, -0.1) is 0 Å². The van der Waals surface area contributed by atoms with Crippen molar-refractivity contribution in [2.45, 2.75) is 32.9 Å². The molecule has 0 unspecified atom stereocenters. The molecule has 1 aliphatic heterocycles. The normalized spacial score (nSPS) is 13.5. The van der Waals surface area contributed by atoms with Gasteiger partial charge in [-0.3, -0.25) is 4.79 Å². The fraction of sp³-hybridized carbons (Fsp3) is 0.316. The Balaban J connectivity index is 0.00000117. The molecule has 26 heavy (non-hydrogen) atoms. The smallest absolute Gasteiger partial charge is 0.423 e. The summed E-state index contributed by atoms with van der Waals surface area (Å²) in [5.74, 6) is -0.617. The van der Waals surface area contributed by atoms with Crippen LogP contribution in [0.2, 0.25) is 0 Å². The Labute approximate surface area is 151 Å². The first-order valence-corrected chi connectivity index (χ1v) is 8.47. The lowest BCUT2D eigenvalue weighted by molar-refractivity contribution is -0.137. The Morgan fingerprint density at radius 2 is 1.88 bits per heavy atom. The van der Waals surface area contributed by atoms with Crippen molar-refractivity contribution in [2.24, 2.45) is 0 Å². The number of fused-ring (bicyclic) bond motifs is 1. The van der Waals surface area contributed by atoms with Crippen molar-refractivity contribution < 1.29 is 27.6 Å². The van der Waals surface area contributed by atoms with Crippen LogP contribution in [-0.4, -0.2) is 24.5 Å². The number of alkyl halides is 3. The van der Waals surface area contributed by atoms with E-state index in [9.17, 15) is 23.0 Å². The zero-order chi connectivity index (χ0) is 19.3. The van der Waals surface area contributed by atoms with Gasteiger partial charge >= 0.3 is 13.3 Å². The molecule has 3 rings (SSSR count). The van der Waals surface area contributed by atoms with Crippen LogP contribution in [0.5, 0.6) is 0 Å². The van der Waals surface area contributed by atoms with Gasteiger partial charge in [-0.05, 0) is 29.1 Å². The largest absolute Gasteiger partial charge is 0.491 e. The molecule has 0 fully saturated rings. The highest BCUT2D eigenvalue weighted by molar-refractivity contribution is 6.60. The van der Waals surface area contributed by atoms with Crippen molar-refractivity contribution >= 4 is 18.4 Å². The molecule has 3 nitrogen and oxygen atoms in total. The van der Waals surface area contributed by atoms with Gasteiger partial charge < -0.3 is 9.68 Å². The summed E-state index contributed by atoms with van der Waals surface area (Å²) >= 11 is 0. The maximum atomic E-state index is 13.0. The monoisotopic (exact) mass is 364 g/mol. The van der Waals surface area contributed by atoms with Gasteiger partial charge in [0.25, 0.3) is 0 Å². The van der Waals surface area contributed by atoms with Crippen LogP contribution < -0.4 is 5.46 Å². The maximum Gasteiger partial charge on any atom is 0.491 e. The molecular weight excluding hydrogens is 344 g/mol. The van der Waals surface area contributed by atoms with Gasteiger partial charge in [-0.2, -0.15) is 13.2 Å². The van der Waals surface area contributed by atoms with E-state index in [-0.39, 0.29) is 12.0 Å². The van der Waals surface area contributed by atoms with E-state index in [1.54, 1.807) is 18.2 Å². The third kappa shape index (κ3) is 4.53. The second-order valence-electron chi connectivity index (χ2n) is 5.65. The summed E-state index contributed by atoms with van der Waals surface area (Å²) < 4.78 is 44.2. The van der Waals surface area contributed by atoms with E-state index in [0.29, 0.717) is 24.1 Å². The predicted octanol–water partition coefficient (Wildman–Crippen LogP) is 3.42. The summed E-state index contributed by atoms with van der Waals surface area (Å²) in [5.41, 5.74) is 0.743. The standard InChI is InChI=1S/C17H14BF3O3.C2H6/c19-17(20,21)14-4-2-1-3-13(14)16(22)10-11-5-6-12-7-8-24-18(23)15(12)9-11;1-2/h1-6,9,23H,7-8,10H2;1-2H3. The van der Waals surface area contributed by atoms with Crippen molar-refractivity contribution in [3.8, 4) is 0 Å². The van der Waals surface area contributed by atoms with E-state index in [1.165, 1.54) is 18.2 Å². The van der Waals surface area contributed by atoms with Crippen molar-refractivity contribution in [1.82, 2.24) is 0 Å². The van der Waals surface area contributed by atoms with Gasteiger partial charge in [0.05, 0.1) is 5.56 Å². The van der Waals surface area contributed by atoms with Crippen LogP contribution in [0.25, 0.3) is 0 Å². The lowest BCUT2D eigenvalue weighted by Gasteiger charge is -2.19. The second-order valence-corrected chi connectivity index (χ2v) is 5.65. The molecule has 0 aliphatic carbocycles. The van der Waals surface area contributed by atoms with E-state index in [2.05, 4.69) is 0 Å². The molecule has 0 bridgehead atoms. The molecule has 138 valence electrons. The molecule has 2 aromatic rings. The van der Waals surface area contributed by atoms with Gasteiger partial charge in [0.2, 0.25) is 0 Å². The SMILES string of the molecule is CC.O=C(Cc1ccc2c(c1)B(O)OCC2)c1ccccc1C(F)(F)F. The number of carbonyl (C=O) groups excluding carboxylic acids is 1. The lowest BCUT2D eigenvalue weighted by atomic mass is 9.72. The average Bonchev–Trinajstić information content (AvgIpc) is 2.63. The Morgan fingerprint density at radius 1 is 1.19 bits per heavy atom. The van der Waals surface area contributed by atoms with Gasteiger partial charge in [0.1, 0.15) is 0 Å². The van der Waals surface area contributed by atoms with E-state index in [1.807, 2.05) is 13.8 Å². The Morgan fingerprint density at radius 3 is 2.58 bits per heavy atom. The fourth-order valence-electron chi connectivity index (χ4n) is 2.84.